The summed E-state index contributed by atoms with van der Waals surface area (Å²) in [6, 6.07) is 21.7. The predicted octanol–water partition coefficient (Wildman–Crippen LogP) is 7.15. The molecular weight excluding hydrogens is 652 g/mol. The van der Waals surface area contributed by atoms with Gasteiger partial charge in [-0.05, 0) is 67.3 Å². The molecule has 0 aliphatic rings. The summed E-state index contributed by atoms with van der Waals surface area (Å²) in [6.07, 6.45) is 6.95. The Bertz CT molecular complexity index is 1750. The number of aromatic nitrogens is 1. The fraction of sp³-hybridized carbons (Fsp3) is 0.400. The molecule has 10 heteroatoms. The van der Waals surface area contributed by atoms with Gasteiger partial charge in [0.2, 0.25) is 11.8 Å². The van der Waals surface area contributed by atoms with Crippen molar-refractivity contribution >= 4 is 46.2 Å². The van der Waals surface area contributed by atoms with Crippen LogP contribution in [-0.4, -0.2) is 56.9 Å². The van der Waals surface area contributed by atoms with Gasteiger partial charge in [0.25, 0.3) is 5.91 Å². The molecule has 266 valence electrons. The summed E-state index contributed by atoms with van der Waals surface area (Å²) in [7, 11) is 0. The summed E-state index contributed by atoms with van der Waals surface area (Å²) in [4.78, 5) is 54.1. The molecule has 2 atom stereocenters. The van der Waals surface area contributed by atoms with E-state index in [1.807, 2.05) is 72.2 Å². The number of aryl methyl sites for hydroxylation is 1. The number of para-hydroxylation sites is 1. The Morgan fingerprint density at radius 1 is 0.900 bits per heavy atom. The lowest BCUT2D eigenvalue weighted by atomic mass is 9.97. The largest absolute Gasteiger partial charge is 0.481 e. The van der Waals surface area contributed by atoms with Crippen molar-refractivity contribution in [2.45, 2.75) is 96.7 Å². The molecule has 4 aromatic rings. The van der Waals surface area contributed by atoms with Crippen LogP contribution < -0.4 is 11.1 Å². The van der Waals surface area contributed by atoms with Crippen LogP contribution >= 0.6 is 11.6 Å². The van der Waals surface area contributed by atoms with E-state index in [9.17, 15) is 24.3 Å². The number of primary amides is 1. The van der Waals surface area contributed by atoms with Crippen LogP contribution in [0.1, 0.15) is 92.3 Å². The molecule has 0 saturated carbocycles. The number of nitrogens with zero attached hydrogens (tertiary/aromatic N) is 2. The predicted molar refractivity (Wildman–Crippen MR) is 198 cm³/mol. The average molecular weight is 701 g/mol. The SMILES string of the molecule is CCCCc1ccc(C[C@@H](CC(N)=O)N(CCCC)C(=O)[C@H](CCCC(=O)O)NC(=O)c2cn(Cc3ccccc3Cl)c3ccccc23)cc1. The maximum Gasteiger partial charge on any atom is 0.303 e. The number of carbonyl (C=O) groups is 4. The topological polar surface area (TPSA) is 135 Å². The van der Waals surface area contributed by atoms with Gasteiger partial charge >= 0.3 is 5.97 Å². The van der Waals surface area contributed by atoms with Crippen LogP contribution in [0.3, 0.4) is 0 Å². The fourth-order valence-electron chi connectivity index (χ4n) is 6.34. The molecular formula is C40H49ClN4O5. The molecule has 3 aromatic carbocycles. The second kappa shape index (κ2) is 18.9. The van der Waals surface area contributed by atoms with Gasteiger partial charge in [0.15, 0.2) is 0 Å². The summed E-state index contributed by atoms with van der Waals surface area (Å²) in [5.41, 5.74) is 10.1. The number of nitrogens with one attached hydrogen (secondary N) is 1. The molecule has 0 spiro atoms. The lowest BCUT2D eigenvalue weighted by Crippen LogP contribution is -2.53. The molecule has 4 N–H and O–H groups in total. The van der Waals surface area contributed by atoms with Gasteiger partial charge in [-0.15, -0.1) is 0 Å². The summed E-state index contributed by atoms with van der Waals surface area (Å²) < 4.78 is 1.96. The number of aliphatic carboxylic acids is 1. The van der Waals surface area contributed by atoms with Crippen molar-refractivity contribution in [1.29, 1.82) is 0 Å². The number of unbranched alkanes of at least 4 members (excludes halogenated alkanes) is 2. The van der Waals surface area contributed by atoms with Crippen molar-refractivity contribution in [2.24, 2.45) is 5.73 Å². The quantitative estimate of drug-likeness (QED) is 0.0900. The minimum Gasteiger partial charge on any atom is -0.481 e. The molecule has 1 aromatic heterocycles. The third-order valence-electron chi connectivity index (χ3n) is 9.05. The average Bonchev–Trinajstić information content (AvgIpc) is 3.46. The van der Waals surface area contributed by atoms with Crippen molar-refractivity contribution in [3.8, 4) is 0 Å². The van der Waals surface area contributed by atoms with Crippen molar-refractivity contribution in [2.75, 3.05) is 6.54 Å². The Hall–Kier alpha value is -4.63. The van der Waals surface area contributed by atoms with Crippen molar-refractivity contribution < 1.29 is 24.3 Å². The summed E-state index contributed by atoms with van der Waals surface area (Å²) >= 11 is 6.46. The van der Waals surface area contributed by atoms with Crippen LogP contribution in [0.2, 0.25) is 5.02 Å². The number of fused-ring (bicyclic) bond motifs is 1. The lowest BCUT2D eigenvalue weighted by Gasteiger charge is -2.34. The standard InChI is InChI=1S/C40H49ClN4O5/c1-3-5-12-28-19-21-29(22-20-28)24-31(25-37(42)46)45(23-6-4-2)40(50)35(16-11-18-38(47)48)43-39(49)33-27-44(36-17-10-8-14-32(33)36)26-30-13-7-9-15-34(30)41/h7-10,13-15,17,19-22,27,31,35H,3-6,11-12,16,18,23-26H2,1-2H3,(H2,42,46)(H,43,49)(H,47,48)/t31-,35-/m0/s1. The van der Waals surface area contributed by atoms with E-state index in [-0.39, 0.29) is 31.6 Å². The molecule has 50 heavy (non-hydrogen) atoms. The minimum absolute atomic E-state index is 0.0433. The van der Waals surface area contributed by atoms with E-state index in [1.54, 1.807) is 11.1 Å². The minimum atomic E-state index is -1.02. The van der Waals surface area contributed by atoms with Crippen molar-refractivity contribution in [3.63, 3.8) is 0 Å². The van der Waals surface area contributed by atoms with E-state index in [4.69, 9.17) is 17.3 Å². The molecule has 9 nitrogen and oxygen atoms in total. The number of hydrogen-bond donors (Lipinski definition) is 3. The van der Waals surface area contributed by atoms with Crippen LogP contribution in [0.5, 0.6) is 0 Å². The highest BCUT2D eigenvalue weighted by Gasteiger charge is 2.32. The van der Waals surface area contributed by atoms with Crippen LogP contribution in [0, 0.1) is 0 Å². The zero-order valence-electron chi connectivity index (χ0n) is 29.1. The molecule has 0 saturated heterocycles. The Balaban J connectivity index is 1.65. The van der Waals surface area contributed by atoms with E-state index < -0.39 is 29.9 Å². The van der Waals surface area contributed by atoms with E-state index in [1.165, 1.54) is 5.56 Å². The first-order valence-corrected chi connectivity index (χ1v) is 18.0. The van der Waals surface area contributed by atoms with E-state index in [0.29, 0.717) is 41.9 Å². The number of rotatable bonds is 20. The van der Waals surface area contributed by atoms with Gasteiger partial charge in [-0.1, -0.05) is 99.0 Å². The van der Waals surface area contributed by atoms with Crippen LogP contribution in [0.25, 0.3) is 10.9 Å². The molecule has 0 fully saturated rings. The van der Waals surface area contributed by atoms with E-state index in [2.05, 4.69) is 24.4 Å². The number of benzene rings is 3. The number of carbonyl (C=O) groups excluding carboxylic acids is 3. The van der Waals surface area contributed by atoms with Crippen LogP contribution in [0.15, 0.2) is 79.0 Å². The molecule has 0 aliphatic carbocycles. The lowest BCUT2D eigenvalue weighted by molar-refractivity contribution is -0.139. The van der Waals surface area contributed by atoms with Crippen molar-refractivity contribution in [3.05, 3.63) is 106 Å². The van der Waals surface area contributed by atoms with Crippen LogP contribution in [-0.2, 0) is 33.8 Å². The highest BCUT2D eigenvalue weighted by atomic mass is 35.5. The first-order valence-electron chi connectivity index (χ1n) is 17.6. The van der Waals surface area contributed by atoms with Gasteiger partial charge in [0.05, 0.1) is 5.56 Å². The Morgan fingerprint density at radius 2 is 1.58 bits per heavy atom. The third kappa shape index (κ3) is 10.7. The van der Waals surface area contributed by atoms with Gasteiger partial charge in [-0.3, -0.25) is 19.2 Å². The van der Waals surface area contributed by atoms with E-state index >= 15 is 0 Å². The Kier molecular flexibility index (Phi) is 14.5. The Labute approximate surface area is 299 Å². The van der Waals surface area contributed by atoms with Crippen molar-refractivity contribution in [1.82, 2.24) is 14.8 Å². The van der Waals surface area contributed by atoms with Gasteiger partial charge < -0.3 is 25.6 Å². The van der Waals surface area contributed by atoms with Gasteiger partial charge in [0, 0.05) is 54.1 Å². The molecule has 0 radical (unpaired) electrons. The Morgan fingerprint density at radius 3 is 2.26 bits per heavy atom. The molecule has 3 amide bonds. The number of hydrogen-bond acceptors (Lipinski definition) is 4. The zero-order chi connectivity index (χ0) is 36.0. The second-order valence-electron chi connectivity index (χ2n) is 12.9. The number of carboxylic acids is 1. The summed E-state index contributed by atoms with van der Waals surface area (Å²) in [6.45, 7) is 4.98. The maximum absolute atomic E-state index is 14.5. The molecule has 0 aliphatic heterocycles. The zero-order valence-corrected chi connectivity index (χ0v) is 29.8. The number of halogens is 1. The normalized spacial score (nSPS) is 12.4. The first-order chi connectivity index (χ1) is 24.1. The summed E-state index contributed by atoms with van der Waals surface area (Å²) in [5.74, 6) is -2.32. The molecule has 1 heterocycles. The smallest absolute Gasteiger partial charge is 0.303 e. The highest BCUT2D eigenvalue weighted by molar-refractivity contribution is 6.31. The number of nitrogens with two attached hydrogens (primary N) is 1. The molecule has 0 unspecified atom stereocenters. The molecule has 4 rings (SSSR count). The fourth-order valence-corrected chi connectivity index (χ4v) is 6.54. The maximum atomic E-state index is 14.5. The number of carboxylic acid groups (broad SMARTS) is 1. The summed E-state index contributed by atoms with van der Waals surface area (Å²) in [5, 5.41) is 13.7. The highest BCUT2D eigenvalue weighted by Crippen LogP contribution is 2.25. The molecule has 0 bridgehead atoms. The van der Waals surface area contributed by atoms with Crippen LogP contribution in [0.4, 0.5) is 0 Å². The third-order valence-corrected chi connectivity index (χ3v) is 9.41. The van der Waals surface area contributed by atoms with Gasteiger partial charge in [0.1, 0.15) is 6.04 Å². The van der Waals surface area contributed by atoms with Gasteiger partial charge in [-0.2, -0.15) is 0 Å². The van der Waals surface area contributed by atoms with Gasteiger partial charge in [-0.25, -0.2) is 0 Å². The first kappa shape index (κ1) is 38.2. The monoisotopic (exact) mass is 700 g/mol. The van der Waals surface area contributed by atoms with E-state index in [0.717, 1.165) is 42.3 Å². The second-order valence-corrected chi connectivity index (χ2v) is 13.3. The number of amides is 3.